The van der Waals surface area contributed by atoms with Crippen molar-refractivity contribution in [3.63, 3.8) is 0 Å². The average molecular weight is 388 g/mol. The third kappa shape index (κ3) is 3.10. The van der Waals surface area contributed by atoms with Gasteiger partial charge < -0.3 is 35.3 Å². The molecule has 1 aliphatic heterocycles. The molecule has 0 amide bonds. The Kier molecular flexibility index (Phi) is 5.06. The number of nitrogen functional groups attached to an aromatic ring is 1. The lowest BCUT2D eigenvalue weighted by Gasteiger charge is -2.16. The van der Waals surface area contributed by atoms with Crippen molar-refractivity contribution in [3.8, 4) is 5.88 Å². The SMILES string of the molecule is COC(=O)COc1nc(N)nc2c1sc(=O)n2[C@@H]1O[C@H](CO)[C@@H](O)[C@H]1O. The molecule has 1 aliphatic rings. The van der Waals surface area contributed by atoms with Crippen LogP contribution in [0.3, 0.4) is 0 Å². The zero-order chi connectivity index (χ0) is 19.0. The fourth-order valence-corrected chi connectivity index (χ4v) is 3.40. The topological polar surface area (TPSA) is 179 Å². The van der Waals surface area contributed by atoms with Crippen molar-refractivity contribution in [2.75, 3.05) is 26.1 Å². The van der Waals surface area contributed by atoms with E-state index < -0.39 is 48.6 Å². The quantitative estimate of drug-likeness (QED) is 0.401. The summed E-state index contributed by atoms with van der Waals surface area (Å²) in [6.45, 7) is -1.00. The Morgan fingerprint density at radius 1 is 1.38 bits per heavy atom. The normalized spacial score (nSPS) is 25.5. The molecule has 0 bridgehead atoms. The highest BCUT2D eigenvalue weighted by Crippen LogP contribution is 2.34. The van der Waals surface area contributed by atoms with Crippen molar-refractivity contribution in [2.45, 2.75) is 24.5 Å². The number of nitrogens with two attached hydrogens (primary N) is 1. The molecule has 0 aromatic carbocycles. The number of esters is 1. The lowest BCUT2D eigenvalue weighted by Crippen LogP contribution is -2.34. The first-order chi connectivity index (χ1) is 12.4. The summed E-state index contributed by atoms with van der Waals surface area (Å²) in [5.74, 6) is -1.01. The number of aliphatic hydroxyl groups excluding tert-OH is 3. The largest absolute Gasteiger partial charge is 0.466 e. The third-order valence-corrected chi connectivity index (χ3v) is 4.71. The second-order valence-electron chi connectivity index (χ2n) is 5.37. The highest BCUT2D eigenvalue weighted by Gasteiger charge is 2.45. The van der Waals surface area contributed by atoms with Crippen molar-refractivity contribution in [2.24, 2.45) is 0 Å². The maximum atomic E-state index is 12.4. The molecule has 4 atom stereocenters. The third-order valence-electron chi connectivity index (χ3n) is 3.77. The van der Waals surface area contributed by atoms with Gasteiger partial charge in [0.1, 0.15) is 23.0 Å². The predicted molar refractivity (Wildman–Crippen MR) is 86.6 cm³/mol. The van der Waals surface area contributed by atoms with Crippen molar-refractivity contribution in [1.29, 1.82) is 0 Å². The van der Waals surface area contributed by atoms with Crippen LogP contribution in [0.25, 0.3) is 10.3 Å². The lowest BCUT2D eigenvalue weighted by atomic mass is 10.1. The van der Waals surface area contributed by atoms with Crippen LogP contribution in [0, 0.1) is 0 Å². The summed E-state index contributed by atoms with van der Waals surface area (Å²) in [6, 6.07) is 0. The summed E-state index contributed by atoms with van der Waals surface area (Å²) in [5, 5.41) is 29.2. The summed E-state index contributed by atoms with van der Waals surface area (Å²) in [7, 11) is 1.19. The number of aromatic nitrogens is 3. The van der Waals surface area contributed by atoms with Crippen LogP contribution in [-0.4, -0.2) is 74.5 Å². The van der Waals surface area contributed by atoms with Crippen LogP contribution in [0.4, 0.5) is 5.95 Å². The van der Waals surface area contributed by atoms with E-state index in [9.17, 15) is 24.9 Å². The molecule has 3 rings (SSSR count). The van der Waals surface area contributed by atoms with Gasteiger partial charge in [-0.1, -0.05) is 11.3 Å². The number of nitrogens with zero attached hydrogens (tertiary/aromatic N) is 3. The van der Waals surface area contributed by atoms with Gasteiger partial charge in [-0.3, -0.25) is 9.36 Å². The molecule has 3 heterocycles. The summed E-state index contributed by atoms with van der Waals surface area (Å²) in [5.41, 5.74) is 5.64. The summed E-state index contributed by atoms with van der Waals surface area (Å²) < 4.78 is 16.2. The number of hydrogen-bond donors (Lipinski definition) is 4. The lowest BCUT2D eigenvalue weighted by molar-refractivity contribution is -0.142. The van der Waals surface area contributed by atoms with E-state index in [1.807, 2.05) is 0 Å². The molecular formula is C13H16N4O8S. The van der Waals surface area contributed by atoms with Crippen LogP contribution >= 0.6 is 11.3 Å². The second kappa shape index (κ2) is 7.13. The van der Waals surface area contributed by atoms with Crippen LogP contribution in [0.2, 0.25) is 0 Å². The van der Waals surface area contributed by atoms with Gasteiger partial charge in [-0.15, -0.1) is 0 Å². The molecule has 5 N–H and O–H groups in total. The first-order valence-electron chi connectivity index (χ1n) is 7.38. The smallest absolute Gasteiger partial charge is 0.343 e. The molecule has 12 nitrogen and oxygen atoms in total. The van der Waals surface area contributed by atoms with Gasteiger partial charge in [-0.05, 0) is 0 Å². The van der Waals surface area contributed by atoms with Crippen LogP contribution in [-0.2, 0) is 14.3 Å². The molecule has 0 radical (unpaired) electrons. The fraction of sp³-hybridized carbons (Fsp3) is 0.538. The molecule has 1 fully saturated rings. The first-order valence-corrected chi connectivity index (χ1v) is 8.19. The number of aliphatic hydroxyl groups is 3. The monoisotopic (exact) mass is 388 g/mol. The number of hydrogen-bond acceptors (Lipinski definition) is 12. The van der Waals surface area contributed by atoms with Crippen molar-refractivity contribution >= 4 is 33.6 Å². The van der Waals surface area contributed by atoms with E-state index in [1.54, 1.807) is 0 Å². The number of anilines is 1. The highest BCUT2D eigenvalue weighted by molar-refractivity contribution is 7.16. The van der Waals surface area contributed by atoms with Crippen LogP contribution in [0.1, 0.15) is 6.23 Å². The van der Waals surface area contributed by atoms with Crippen molar-refractivity contribution in [1.82, 2.24) is 14.5 Å². The van der Waals surface area contributed by atoms with Gasteiger partial charge in [0.2, 0.25) is 11.8 Å². The van der Waals surface area contributed by atoms with Gasteiger partial charge in [-0.25, -0.2) is 4.79 Å². The standard InChI is InChI=1S/C13H16N4O8S/c1-23-5(19)3-24-10-8-9(15-12(14)16-10)17(13(22)26-8)11-7(21)6(20)4(2-18)25-11/h4,6-7,11,18,20-21H,2-3H2,1H3,(H2,14,15,16)/t4-,6-,7-,11-/m1/s1. The summed E-state index contributed by atoms with van der Waals surface area (Å²) >= 11 is 0.687. The zero-order valence-corrected chi connectivity index (χ0v) is 14.3. The van der Waals surface area contributed by atoms with Gasteiger partial charge in [0.15, 0.2) is 18.5 Å². The molecule has 1 saturated heterocycles. The predicted octanol–water partition coefficient (Wildman–Crippen LogP) is -2.40. The zero-order valence-electron chi connectivity index (χ0n) is 13.4. The number of methoxy groups -OCH3 is 1. The molecule has 142 valence electrons. The molecule has 13 heteroatoms. The Bertz CT molecular complexity index is 883. The van der Waals surface area contributed by atoms with E-state index in [1.165, 1.54) is 7.11 Å². The van der Waals surface area contributed by atoms with Crippen molar-refractivity contribution < 1.29 is 34.3 Å². The molecule has 0 aliphatic carbocycles. The number of carbonyl (C=O) groups is 1. The Balaban J connectivity index is 2.05. The fourth-order valence-electron chi connectivity index (χ4n) is 2.51. The minimum Gasteiger partial charge on any atom is -0.466 e. The molecule has 0 unspecified atom stereocenters. The highest BCUT2D eigenvalue weighted by atomic mass is 32.1. The Morgan fingerprint density at radius 2 is 2.12 bits per heavy atom. The molecule has 26 heavy (non-hydrogen) atoms. The van der Waals surface area contributed by atoms with Gasteiger partial charge in [-0.2, -0.15) is 9.97 Å². The number of carbonyl (C=O) groups excluding carboxylic acids is 1. The van der Waals surface area contributed by atoms with E-state index in [0.717, 1.165) is 4.57 Å². The Hall–Kier alpha value is -2.32. The number of fused-ring (bicyclic) bond motifs is 1. The maximum absolute atomic E-state index is 12.4. The second-order valence-corrected chi connectivity index (χ2v) is 6.33. The first kappa shape index (κ1) is 18.5. The van der Waals surface area contributed by atoms with Gasteiger partial charge in [0.25, 0.3) is 0 Å². The average Bonchev–Trinajstić information content (AvgIpc) is 3.09. The van der Waals surface area contributed by atoms with Crippen LogP contribution in [0.15, 0.2) is 4.79 Å². The molecule has 2 aromatic heterocycles. The molecule has 2 aromatic rings. The van der Waals surface area contributed by atoms with E-state index in [0.29, 0.717) is 11.3 Å². The van der Waals surface area contributed by atoms with Crippen LogP contribution < -0.4 is 15.3 Å². The molecular weight excluding hydrogens is 372 g/mol. The minimum atomic E-state index is -1.47. The molecule has 0 spiro atoms. The summed E-state index contributed by atoms with van der Waals surface area (Å²) in [6.07, 6.45) is -5.21. The number of rotatable bonds is 5. The number of ether oxygens (including phenoxy) is 3. The van der Waals surface area contributed by atoms with Gasteiger partial charge in [0, 0.05) is 0 Å². The maximum Gasteiger partial charge on any atom is 0.343 e. The van der Waals surface area contributed by atoms with E-state index in [2.05, 4.69) is 14.7 Å². The van der Waals surface area contributed by atoms with E-state index >= 15 is 0 Å². The molecule has 0 saturated carbocycles. The van der Waals surface area contributed by atoms with Crippen molar-refractivity contribution in [3.05, 3.63) is 9.67 Å². The van der Waals surface area contributed by atoms with E-state index in [4.69, 9.17) is 15.2 Å². The Labute approximate surface area is 149 Å². The Morgan fingerprint density at radius 3 is 2.73 bits per heavy atom. The van der Waals surface area contributed by atoms with Gasteiger partial charge in [0.05, 0.1) is 13.7 Å². The number of thiazole rings is 1. The van der Waals surface area contributed by atoms with E-state index in [-0.39, 0.29) is 22.2 Å². The van der Waals surface area contributed by atoms with Gasteiger partial charge >= 0.3 is 10.8 Å². The summed E-state index contributed by atoms with van der Waals surface area (Å²) in [4.78, 5) is 30.9. The minimum absolute atomic E-state index is 0.00204. The van der Waals surface area contributed by atoms with Crippen LogP contribution in [0.5, 0.6) is 5.88 Å².